The van der Waals surface area contributed by atoms with Gasteiger partial charge < -0.3 is 19.4 Å². The van der Waals surface area contributed by atoms with Crippen molar-refractivity contribution in [1.82, 2.24) is 9.62 Å². The fraction of sp³-hybridized carbons (Fsp3) is 0.476. The second kappa shape index (κ2) is 10.1. The zero-order valence-electron chi connectivity index (χ0n) is 17.5. The lowest BCUT2D eigenvalue weighted by Crippen LogP contribution is -2.29. The first-order chi connectivity index (χ1) is 14.4. The van der Waals surface area contributed by atoms with Crippen molar-refractivity contribution in [2.45, 2.75) is 30.8 Å². The molecule has 9 heteroatoms. The lowest BCUT2D eigenvalue weighted by Gasteiger charge is -2.22. The third-order valence-corrected chi connectivity index (χ3v) is 6.82. The van der Waals surface area contributed by atoms with Gasteiger partial charge in [0, 0.05) is 46.0 Å². The zero-order valence-corrected chi connectivity index (χ0v) is 18.3. The first kappa shape index (κ1) is 22.3. The smallest absolute Gasteiger partial charge is 0.253 e. The minimum atomic E-state index is -3.62. The number of nitrogens with one attached hydrogen (secondary N) is 1. The van der Waals surface area contributed by atoms with Crippen LogP contribution in [0.5, 0.6) is 0 Å². The van der Waals surface area contributed by atoms with E-state index in [1.54, 1.807) is 18.4 Å². The number of benzene rings is 1. The van der Waals surface area contributed by atoms with Gasteiger partial charge in [0.15, 0.2) is 0 Å². The molecule has 164 valence electrons. The SMILES string of the molecule is CN(C)S(=O)(=O)c1ccc(N2CCCC2)c(C(=O)NCCCOCc2ccco2)c1. The third kappa shape index (κ3) is 5.41. The number of sulfonamides is 1. The predicted molar refractivity (Wildman–Crippen MR) is 114 cm³/mol. The van der Waals surface area contributed by atoms with Gasteiger partial charge in [0.2, 0.25) is 10.0 Å². The molecule has 0 saturated carbocycles. The van der Waals surface area contributed by atoms with Crippen LogP contribution in [-0.4, -0.2) is 59.0 Å². The minimum Gasteiger partial charge on any atom is -0.467 e. The van der Waals surface area contributed by atoms with Crippen molar-refractivity contribution in [1.29, 1.82) is 0 Å². The van der Waals surface area contributed by atoms with E-state index in [0.29, 0.717) is 31.7 Å². The van der Waals surface area contributed by atoms with Crippen LogP contribution in [0.4, 0.5) is 5.69 Å². The molecule has 1 aliphatic heterocycles. The van der Waals surface area contributed by atoms with E-state index in [9.17, 15) is 13.2 Å². The third-order valence-electron chi connectivity index (χ3n) is 5.01. The van der Waals surface area contributed by atoms with E-state index in [0.717, 1.165) is 41.7 Å². The van der Waals surface area contributed by atoms with Gasteiger partial charge >= 0.3 is 0 Å². The van der Waals surface area contributed by atoms with Crippen molar-refractivity contribution in [2.75, 3.05) is 45.2 Å². The molecule has 3 rings (SSSR count). The monoisotopic (exact) mass is 435 g/mol. The van der Waals surface area contributed by atoms with Crippen molar-refractivity contribution < 1.29 is 22.4 Å². The molecule has 1 aliphatic rings. The van der Waals surface area contributed by atoms with Crippen LogP contribution in [0.2, 0.25) is 0 Å². The normalized spacial score (nSPS) is 14.4. The summed E-state index contributed by atoms with van der Waals surface area (Å²) < 4.78 is 36.9. The Morgan fingerprint density at radius 1 is 1.23 bits per heavy atom. The highest BCUT2D eigenvalue weighted by Gasteiger charge is 2.24. The maximum Gasteiger partial charge on any atom is 0.253 e. The number of furan rings is 1. The second-order valence-electron chi connectivity index (χ2n) is 7.40. The molecule has 1 amide bonds. The molecule has 1 saturated heterocycles. The first-order valence-electron chi connectivity index (χ1n) is 10.1. The highest BCUT2D eigenvalue weighted by Crippen LogP contribution is 2.28. The number of carbonyl (C=O) groups is 1. The van der Waals surface area contributed by atoms with Gasteiger partial charge in [-0.1, -0.05) is 0 Å². The van der Waals surface area contributed by atoms with E-state index in [2.05, 4.69) is 10.2 Å². The Kier molecular flexibility index (Phi) is 7.52. The molecule has 1 fully saturated rings. The van der Waals surface area contributed by atoms with Gasteiger partial charge in [0.05, 0.1) is 16.7 Å². The molecule has 1 aromatic carbocycles. The van der Waals surface area contributed by atoms with Crippen molar-refractivity contribution in [3.8, 4) is 0 Å². The molecule has 2 aromatic rings. The molecular formula is C21H29N3O5S. The maximum absolute atomic E-state index is 12.9. The molecule has 1 N–H and O–H groups in total. The van der Waals surface area contributed by atoms with Gasteiger partial charge in [-0.25, -0.2) is 12.7 Å². The molecule has 0 aliphatic carbocycles. The summed E-state index contributed by atoms with van der Waals surface area (Å²) >= 11 is 0. The number of rotatable bonds is 10. The van der Waals surface area contributed by atoms with E-state index in [1.165, 1.54) is 20.2 Å². The number of carbonyl (C=O) groups excluding carboxylic acids is 1. The lowest BCUT2D eigenvalue weighted by atomic mass is 10.1. The minimum absolute atomic E-state index is 0.113. The van der Waals surface area contributed by atoms with Gasteiger partial charge in [-0.3, -0.25) is 4.79 Å². The summed E-state index contributed by atoms with van der Waals surface area (Å²) in [7, 11) is -0.665. The highest BCUT2D eigenvalue weighted by atomic mass is 32.2. The second-order valence-corrected chi connectivity index (χ2v) is 9.55. The quantitative estimate of drug-likeness (QED) is 0.577. The summed E-state index contributed by atoms with van der Waals surface area (Å²) in [4.78, 5) is 15.1. The summed E-state index contributed by atoms with van der Waals surface area (Å²) in [6, 6.07) is 8.44. The fourth-order valence-electron chi connectivity index (χ4n) is 3.34. The average Bonchev–Trinajstić information content (AvgIpc) is 3.44. The van der Waals surface area contributed by atoms with Crippen LogP contribution < -0.4 is 10.2 Å². The molecule has 2 heterocycles. The summed E-state index contributed by atoms with van der Waals surface area (Å²) in [6.07, 6.45) is 4.36. The molecule has 30 heavy (non-hydrogen) atoms. The van der Waals surface area contributed by atoms with Crippen molar-refractivity contribution in [3.63, 3.8) is 0 Å². The molecule has 1 aromatic heterocycles. The van der Waals surface area contributed by atoms with Crippen LogP contribution in [0, 0.1) is 0 Å². The first-order valence-corrected chi connectivity index (χ1v) is 11.5. The number of amides is 1. The average molecular weight is 436 g/mol. The van der Waals surface area contributed by atoms with Crippen LogP contribution in [0.15, 0.2) is 45.9 Å². The molecule has 0 spiro atoms. The Balaban J connectivity index is 1.64. The Morgan fingerprint density at radius 2 is 2.00 bits per heavy atom. The van der Waals surface area contributed by atoms with Gasteiger partial charge in [0.1, 0.15) is 12.4 Å². The van der Waals surface area contributed by atoms with Crippen LogP contribution in [0.3, 0.4) is 0 Å². The van der Waals surface area contributed by atoms with Crippen LogP contribution in [0.1, 0.15) is 35.4 Å². The molecule has 0 unspecified atom stereocenters. The molecule has 0 radical (unpaired) electrons. The van der Waals surface area contributed by atoms with E-state index in [1.807, 2.05) is 12.1 Å². The van der Waals surface area contributed by atoms with Crippen molar-refractivity contribution in [3.05, 3.63) is 47.9 Å². The van der Waals surface area contributed by atoms with Crippen LogP contribution in [0.25, 0.3) is 0 Å². The Hall–Kier alpha value is -2.36. The van der Waals surface area contributed by atoms with Gasteiger partial charge in [0.25, 0.3) is 5.91 Å². The topological polar surface area (TPSA) is 92.1 Å². The summed E-state index contributed by atoms with van der Waals surface area (Å²) in [5.41, 5.74) is 1.16. The predicted octanol–water partition coefficient (Wildman–Crippen LogP) is 2.47. The summed E-state index contributed by atoms with van der Waals surface area (Å²) in [6.45, 7) is 3.03. The van der Waals surface area contributed by atoms with Gasteiger partial charge in [-0.2, -0.15) is 0 Å². The number of hydrogen-bond acceptors (Lipinski definition) is 6. The Bertz CT molecular complexity index is 936. The molecule has 8 nitrogen and oxygen atoms in total. The summed E-state index contributed by atoms with van der Waals surface area (Å²) in [5.74, 6) is 0.479. The molecule has 0 atom stereocenters. The van der Waals surface area contributed by atoms with Crippen molar-refractivity contribution in [2.24, 2.45) is 0 Å². The van der Waals surface area contributed by atoms with E-state index >= 15 is 0 Å². The zero-order chi connectivity index (χ0) is 21.6. The Labute approximate surface area is 177 Å². The van der Waals surface area contributed by atoms with Crippen molar-refractivity contribution >= 4 is 21.6 Å². The van der Waals surface area contributed by atoms with Gasteiger partial charge in [-0.15, -0.1) is 0 Å². The maximum atomic E-state index is 12.9. The molecular weight excluding hydrogens is 406 g/mol. The number of ether oxygens (including phenoxy) is 1. The Morgan fingerprint density at radius 3 is 2.67 bits per heavy atom. The number of anilines is 1. The van der Waals surface area contributed by atoms with Gasteiger partial charge in [-0.05, 0) is 49.6 Å². The largest absolute Gasteiger partial charge is 0.467 e. The van der Waals surface area contributed by atoms with Crippen LogP contribution >= 0.6 is 0 Å². The standard InChI is InChI=1S/C21H29N3O5S/c1-23(2)30(26,27)18-8-9-20(24-11-3-4-12-24)19(15-18)21(25)22-10-6-13-28-16-17-7-5-14-29-17/h5,7-9,14-15H,3-4,6,10-13,16H2,1-2H3,(H,22,25). The van der Waals surface area contributed by atoms with E-state index in [4.69, 9.17) is 9.15 Å². The fourth-order valence-corrected chi connectivity index (χ4v) is 4.27. The number of hydrogen-bond donors (Lipinski definition) is 1. The number of nitrogens with zero attached hydrogens (tertiary/aromatic N) is 2. The van der Waals surface area contributed by atoms with E-state index < -0.39 is 10.0 Å². The van der Waals surface area contributed by atoms with Crippen LogP contribution in [-0.2, 0) is 21.4 Å². The highest BCUT2D eigenvalue weighted by molar-refractivity contribution is 7.89. The summed E-state index contributed by atoms with van der Waals surface area (Å²) in [5, 5.41) is 2.89. The van der Waals surface area contributed by atoms with E-state index in [-0.39, 0.29) is 10.8 Å². The lowest BCUT2D eigenvalue weighted by molar-refractivity contribution is 0.0917. The molecule has 0 bridgehead atoms.